The van der Waals surface area contributed by atoms with Crippen LogP contribution in [-0.2, 0) is 4.79 Å². The van der Waals surface area contributed by atoms with E-state index in [1.807, 2.05) is 6.92 Å². The van der Waals surface area contributed by atoms with Crippen LogP contribution in [-0.4, -0.2) is 17.8 Å². The van der Waals surface area contributed by atoms with Crippen LogP contribution in [0, 0.1) is 11.3 Å². The van der Waals surface area contributed by atoms with E-state index in [1.54, 1.807) is 0 Å². The number of alkyl halides is 1. The Labute approximate surface area is 85.0 Å². The topological polar surface area (TPSA) is 29.1 Å². The molecule has 0 saturated heterocycles. The average molecular weight is 204 g/mol. The van der Waals surface area contributed by atoms with Crippen LogP contribution in [0.3, 0.4) is 0 Å². The van der Waals surface area contributed by atoms with Crippen LogP contribution in [0.4, 0.5) is 0 Å². The molecule has 0 aromatic rings. The van der Waals surface area contributed by atoms with E-state index in [-0.39, 0.29) is 22.6 Å². The maximum atomic E-state index is 11.5. The van der Waals surface area contributed by atoms with Gasteiger partial charge in [-0.15, -0.1) is 11.6 Å². The smallest absolute Gasteiger partial charge is 0.223 e. The molecule has 1 aliphatic carbocycles. The van der Waals surface area contributed by atoms with Crippen molar-refractivity contribution >= 4 is 17.5 Å². The molecular weight excluding hydrogens is 186 g/mol. The molecule has 1 amide bonds. The zero-order valence-electron chi connectivity index (χ0n) is 8.56. The quantitative estimate of drug-likeness (QED) is 0.698. The molecule has 1 fully saturated rings. The summed E-state index contributed by atoms with van der Waals surface area (Å²) in [4.78, 5) is 11.5. The number of amides is 1. The van der Waals surface area contributed by atoms with Crippen LogP contribution in [0.25, 0.3) is 0 Å². The standard InChI is InChI=1S/C10H18ClNO/c1-4-7(11)6-12-9(13)8-5-10(8,2)3/h7-8H,4-6H2,1-3H3,(H,12,13). The Bertz CT molecular complexity index is 203. The van der Waals surface area contributed by atoms with E-state index in [2.05, 4.69) is 19.2 Å². The molecule has 0 heterocycles. The highest BCUT2D eigenvalue weighted by atomic mass is 35.5. The average Bonchev–Trinajstić information content (AvgIpc) is 2.70. The third-order valence-electron chi connectivity index (χ3n) is 2.77. The number of halogens is 1. The van der Waals surface area contributed by atoms with Crippen LogP contribution in [0.15, 0.2) is 0 Å². The fraction of sp³-hybridized carbons (Fsp3) is 0.900. The van der Waals surface area contributed by atoms with Gasteiger partial charge in [0.2, 0.25) is 5.91 Å². The normalized spacial score (nSPS) is 26.6. The minimum absolute atomic E-state index is 0.0748. The van der Waals surface area contributed by atoms with Gasteiger partial charge >= 0.3 is 0 Å². The van der Waals surface area contributed by atoms with Gasteiger partial charge in [-0.25, -0.2) is 0 Å². The summed E-state index contributed by atoms with van der Waals surface area (Å²) >= 11 is 5.89. The predicted molar refractivity (Wildman–Crippen MR) is 54.8 cm³/mol. The molecular formula is C10H18ClNO. The lowest BCUT2D eigenvalue weighted by molar-refractivity contribution is -0.122. The van der Waals surface area contributed by atoms with Crippen molar-refractivity contribution in [3.05, 3.63) is 0 Å². The molecule has 1 rings (SSSR count). The maximum Gasteiger partial charge on any atom is 0.223 e. The highest BCUT2D eigenvalue weighted by Crippen LogP contribution is 2.51. The Morgan fingerprint density at radius 1 is 1.69 bits per heavy atom. The molecule has 2 nitrogen and oxygen atoms in total. The number of carbonyl (C=O) groups excluding carboxylic acids is 1. The molecule has 0 aromatic heterocycles. The van der Waals surface area contributed by atoms with E-state index >= 15 is 0 Å². The molecule has 76 valence electrons. The Hall–Kier alpha value is -0.240. The summed E-state index contributed by atoms with van der Waals surface area (Å²) < 4.78 is 0. The minimum Gasteiger partial charge on any atom is -0.354 e. The third-order valence-corrected chi connectivity index (χ3v) is 3.23. The van der Waals surface area contributed by atoms with Gasteiger partial charge in [-0.1, -0.05) is 20.8 Å². The van der Waals surface area contributed by atoms with Crippen LogP contribution < -0.4 is 5.32 Å². The van der Waals surface area contributed by atoms with E-state index in [0.717, 1.165) is 12.8 Å². The summed E-state index contributed by atoms with van der Waals surface area (Å²) in [5.74, 6) is 0.386. The van der Waals surface area contributed by atoms with Crippen LogP contribution in [0.1, 0.15) is 33.6 Å². The van der Waals surface area contributed by atoms with Crippen LogP contribution in [0.2, 0.25) is 0 Å². The zero-order chi connectivity index (χ0) is 10.1. The van der Waals surface area contributed by atoms with Crippen molar-refractivity contribution in [2.24, 2.45) is 11.3 Å². The Morgan fingerprint density at radius 3 is 2.62 bits per heavy atom. The van der Waals surface area contributed by atoms with E-state index < -0.39 is 0 Å². The number of carbonyl (C=O) groups is 1. The molecule has 0 aliphatic heterocycles. The molecule has 2 unspecified atom stereocenters. The largest absolute Gasteiger partial charge is 0.354 e. The van der Waals surface area contributed by atoms with Gasteiger partial charge in [0, 0.05) is 12.5 Å². The summed E-state index contributed by atoms with van der Waals surface area (Å²) in [6.07, 6.45) is 1.91. The van der Waals surface area contributed by atoms with Gasteiger partial charge in [-0.05, 0) is 18.3 Å². The molecule has 3 heteroatoms. The van der Waals surface area contributed by atoms with Crippen molar-refractivity contribution in [1.82, 2.24) is 5.32 Å². The van der Waals surface area contributed by atoms with Crippen LogP contribution >= 0.6 is 11.6 Å². The Kier molecular flexibility index (Phi) is 3.23. The van der Waals surface area contributed by atoms with Crippen molar-refractivity contribution in [3.63, 3.8) is 0 Å². The van der Waals surface area contributed by atoms with Crippen molar-refractivity contribution in [3.8, 4) is 0 Å². The van der Waals surface area contributed by atoms with Gasteiger partial charge in [0.15, 0.2) is 0 Å². The number of nitrogens with one attached hydrogen (secondary N) is 1. The number of rotatable bonds is 4. The number of hydrogen-bond donors (Lipinski definition) is 1. The summed E-state index contributed by atoms with van der Waals surface area (Å²) in [5, 5.41) is 2.95. The summed E-state index contributed by atoms with van der Waals surface area (Å²) in [5.41, 5.74) is 0.220. The van der Waals surface area contributed by atoms with E-state index in [4.69, 9.17) is 11.6 Å². The predicted octanol–water partition coefficient (Wildman–Crippen LogP) is 2.17. The van der Waals surface area contributed by atoms with Gasteiger partial charge in [0.1, 0.15) is 0 Å². The highest BCUT2D eigenvalue weighted by Gasteiger charge is 2.50. The van der Waals surface area contributed by atoms with Gasteiger partial charge in [0.05, 0.1) is 5.38 Å². The van der Waals surface area contributed by atoms with Crippen molar-refractivity contribution in [2.75, 3.05) is 6.54 Å². The highest BCUT2D eigenvalue weighted by molar-refractivity contribution is 6.20. The van der Waals surface area contributed by atoms with Crippen molar-refractivity contribution in [2.45, 2.75) is 39.0 Å². The molecule has 13 heavy (non-hydrogen) atoms. The van der Waals surface area contributed by atoms with E-state index in [0.29, 0.717) is 6.54 Å². The fourth-order valence-corrected chi connectivity index (χ4v) is 1.47. The molecule has 0 aromatic carbocycles. The van der Waals surface area contributed by atoms with Crippen molar-refractivity contribution < 1.29 is 4.79 Å². The second kappa shape index (κ2) is 3.87. The Balaban J connectivity index is 2.20. The molecule has 1 aliphatic rings. The summed E-state index contributed by atoms with van der Waals surface area (Å²) in [7, 11) is 0. The summed E-state index contributed by atoms with van der Waals surface area (Å²) in [6, 6.07) is 0. The van der Waals surface area contributed by atoms with E-state index in [9.17, 15) is 4.79 Å². The molecule has 0 bridgehead atoms. The number of hydrogen-bond acceptors (Lipinski definition) is 1. The monoisotopic (exact) mass is 203 g/mol. The van der Waals surface area contributed by atoms with Gasteiger partial charge in [-0.2, -0.15) is 0 Å². The SMILES string of the molecule is CCC(Cl)CNC(=O)C1CC1(C)C. The molecule has 2 atom stereocenters. The minimum atomic E-state index is 0.0748. The molecule has 1 N–H and O–H groups in total. The first-order valence-corrected chi connectivity index (χ1v) is 5.33. The van der Waals surface area contributed by atoms with Crippen molar-refractivity contribution in [1.29, 1.82) is 0 Å². The first-order valence-electron chi connectivity index (χ1n) is 4.89. The summed E-state index contributed by atoms with van der Waals surface area (Å²) in [6.45, 7) is 6.86. The lowest BCUT2D eigenvalue weighted by Crippen LogP contribution is -2.31. The lowest BCUT2D eigenvalue weighted by Gasteiger charge is -2.09. The third kappa shape index (κ3) is 2.87. The Morgan fingerprint density at radius 2 is 2.23 bits per heavy atom. The second-order valence-electron chi connectivity index (χ2n) is 4.50. The van der Waals surface area contributed by atoms with Crippen LogP contribution in [0.5, 0.6) is 0 Å². The lowest BCUT2D eigenvalue weighted by atomic mass is 10.1. The fourth-order valence-electron chi connectivity index (χ4n) is 1.39. The van der Waals surface area contributed by atoms with Gasteiger partial charge in [0.25, 0.3) is 0 Å². The first-order chi connectivity index (χ1) is 5.97. The molecule has 1 saturated carbocycles. The zero-order valence-corrected chi connectivity index (χ0v) is 9.32. The van der Waals surface area contributed by atoms with Gasteiger partial charge < -0.3 is 5.32 Å². The van der Waals surface area contributed by atoms with E-state index in [1.165, 1.54) is 0 Å². The molecule has 0 spiro atoms. The maximum absolute atomic E-state index is 11.5. The molecule has 0 radical (unpaired) electrons. The van der Waals surface area contributed by atoms with Gasteiger partial charge in [-0.3, -0.25) is 4.79 Å². The first kappa shape index (κ1) is 10.8. The second-order valence-corrected chi connectivity index (χ2v) is 5.11.